The quantitative estimate of drug-likeness (QED) is 0.776. The molecule has 2 rings (SSSR count). The van der Waals surface area contributed by atoms with Crippen molar-refractivity contribution in [1.82, 2.24) is 9.97 Å². The molecule has 0 radical (unpaired) electrons. The van der Waals surface area contributed by atoms with E-state index in [4.69, 9.17) is 0 Å². The van der Waals surface area contributed by atoms with E-state index in [0.717, 1.165) is 21.8 Å². The zero-order chi connectivity index (χ0) is 18.1. The largest absolute Gasteiger partial charge is 0.284 e. The van der Waals surface area contributed by atoms with E-state index in [1.165, 1.54) is 19.2 Å². The van der Waals surface area contributed by atoms with E-state index >= 15 is 0 Å². The van der Waals surface area contributed by atoms with Gasteiger partial charge in [0.25, 0.3) is 0 Å². The molecule has 24 heavy (non-hydrogen) atoms. The Hall–Kier alpha value is -2.15. The Labute approximate surface area is 142 Å². The fourth-order valence-electron chi connectivity index (χ4n) is 2.32. The van der Waals surface area contributed by atoms with Crippen LogP contribution in [0.4, 0.5) is 10.3 Å². The Morgan fingerprint density at radius 2 is 1.75 bits per heavy atom. The average molecular weight is 350 g/mol. The van der Waals surface area contributed by atoms with Crippen LogP contribution in [0.3, 0.4) is 0 Å². The summed E-state index contributed by atoms with van der Waals surface area (Å²) in [5.41, 5.74) is 2.86. The molecule has 0 bridgehead atoms. The van der Waals surface area contributed by atoms with Crippen LogP contribution in [0.1, 0.15) is 37.9 Å². The highest BCUT2D eigenvalue weighted by Gasteiger charge is 2.17. The van der Waals surface area contributed by atoms with Crippen LogP contribution in [0.25, 0.3) is 11.3 Å². The summed E-state index contributed by atoms with van der Waals surface area (Å²) in [4.78, 5) is 8.88. The fraction of sp³-hybridized carbons (Fsp3) is 0.353. The molecule has 0 amide bonds. The van der Waals surface area contributed by atoms with Gasteiger partial charge in [0.15, 0.2) is 0 Å². The number of rotatable bonds is 5. The predicted octanol–water partition coefficient (Wildman–Crippen LogP) is 3.37. The van der Waals surface area contributed by atoms with Crippen molar-refractivity contribution in [2.75, 3.05) is 17.6 Å². The molecule has 0 saturated heterocycles. The molecule has 0 atom stereocenters. The third-order valence-corrected chi connectivity index (χ3v) is 4.85. The first-order valence-electron chi connectivity index (χ1n) is 7.56. The maximum absolute atomic E-state index is 13.2. The average Bonchev–Trinajstić information content (AvgIpc) is 2.52. The summed E-state index contributed by atoms with van der Waals surface area (Å²) < 4.78 is 38.0. The van der Waals surface area contributed by atoms with E-state index in [1.54, 1.807) is 12.1 Å². The lowest BCUT2D eigenvalue weighted by Gasteiger charge is -2.27. The molecular formula is C17H21FN3O2S-. The Kier molecular flexibility index (Phi) is 5.13. The lowest BCUT2D eigenvalue weighted by molar-refractivity contribution is 0.599. The van der Waals surface area contributed by atoms with Crippen molar-refractivity contribution >= 4 is 16.0 Å². The van der Waals surface area contributed by atoms with Gasteiger partial charge in [-0.05, 0) is 17.8 Å². The number of aromatic nitrogens is 2. The van der Waals surface area contributed by atoms with E-state index in [2.05, 4.69) is 9.97 Å². The first-order chi connectivity index (χ1) is 11.1. The summed E-state index contributed by atoms with van der Waals surface area (Å²) in [6, 6.07) is 5.95. The zero-order valence-electron chi connectivity index (χ0n) is 14.4. The standard InChI is InChI=1S/C17H21FN3O2S/c1-6-14-15(11(2)3)19-17(21(4)24(5,22)23)20-16(14)12-7-9-13(18)10-8-12/h6-11H,1-5H3/q-1. The van der Waals surface area contributed by atoms with Crippen molar-refractivity contribution < 1.29 is 12.8 Å². The number of halogens is 1. The van der Waals surface area contributed by atoms with Crippen LogP contribution in [0.15, 0.2) is 24.3 Å². The first-order valence-corrected chi connectivity index (χ1v) is 9.41. The normalized spacial score (nSPS) is 11.6. The van der Waals surface area contributed by atoms with Crippen LogP contribution in [-0.4, -0.2) is 31.7 Å². The molecule has 0 unspecified atom stereocenters. The van der Waals surface area contributed by atoms with E-state index in [0.29, 0.717) is 11.3 Å². The van der Waals surface area contributed by atoms with Gasteiger partial charge >= 0.3 is 0 Å². The number of nitrogens with zero attached hydrogens (tertiary/aromatic N) is 3. The third kappa shape index (κ3) is 3.67. The lowest BCUT2D eigenvalue weighted by Crippen LogP contribution is -2.27. The predicted molar refractivity (Wildman–Crippen MR) is 93.8 cm³/mol. The Morgan fingerprint density at radius 1 is 1.17 bits per heavy atom. The van der Waals surface area contributed by atoms with Gasteiger partial charge in [-0.1, -0.05) is 50.1 Å². The van der Waals surface area contributed by atoms with Gasteiger partial charge in [0, 0.05) is 7.05 Å². The second kappa shape index (κ2) is 6.76. The highest BCUT2D eigenvalue weighted by molar-refractivity contribution is 7.92. The maximum Gasteiger partial charge on any atom is 0.234 e. The molecular weight excluding hydrogens is 329 g/mol. The minimum Gasteiger partial charge on any atom is -0.284 e. The van der Waals surface area contributed by atoms with Crippen LogP contribution < -0.4 is 4.31 Å². The van der Waals surface area contributed by atoms with Crippen molar-refractivity contribution in [3.05, 3.63) is 47.8 Å². The molecule has 0 saturated carbocycles. The van der Waals surface area contributed by atoms with E-state index in [1.807, 2.05) is 27.2 Å². The van der Waals surface area contributed by atoms with Gasteiger partial charge in [0.1, 0.15) is 5.82 Å². The van der Waals surface area contributed by atoms with Gasteiger partial charge in [0.05, 0.1) is 6.26 Å². The van der Waals surface area contributed by atoms with E-state index < -0.39 is 10.0 Å². The summed E-state index contributed by atoms with van der Waals surface area (Å²) in [7, 11) is -2.07. The summed E-state index contributed by atoms with van der Waals surface area (Å²) in [6.45, 7) is 5.83. The van der Waals surface area contributed by atoms with Crippen LogP contribution >= 0.6 is 0 Å². The third-order valence-electron chi connectivity index (χ3n) is 3.70. The highest BCUT2D eigenvalue weighted by atomic mass is 32.2. The Balaban J connectivity index is 2.76. The summed E-state index contributed by atoms with van der Waals surface area (Å²) >= 11 is 0. The Morgan fingerprint density at radius 3 is 2.21 bits per heavy atom. The second-order valence-electron chi connectivity index (χ2n) is 5.85. The molecule has 2 aromatic rings. The minimum atomic E-state index is -3.49. The molecule has 1 heterocycles. The monoisotopic (exact) mass is 350 g/mol. The molecule has 5 nitrogen and oxygen atoms in total. The molecule has 0 aliphatic carbocycles. The SMILES string of the molecule is C[CH-]c1c(-c2ccc(F)cc2)nc(N(C)S(C)(=O)=O)nc1C(C)C. The summed E-state index contributed by atoms with van der Waals surface area (Å²) in [6.07, 6.45) is 2.99. The van der Waals surface area contributed by atoms with Gasteiger partial charge in [0.2, 0.25) is 16.0 Å². The molecule has 0 fully saturated rings. The number of sulfonamides is 1. The van der Waals surface area contributed by atoms with Crippen molar-refractivity contribution in [2.45, 2.75) is 26.7 Å². The van der Waals surface area contributed by atoms with Crippen molar-refractivity contribution in [1.29, 1.82) is 0 Å². The van der Waals surface area contributed by atoms with Gasteiger partial charge in [-0.25, -0.2) is 17.1 Å². The Bertz CT molecular complexity index is 834. The number of hydrogen-bond acceptors (Lipinski definition) is 4. The summed E-state index contributed by atoms with van der Waals surface area (Å²) in [5, 5.41) is 0. The second-order valence-corrected chi connectivity index (χ2v) is 7.87. The number of anilines is 1. The van der Waals surface area contributed by atoms with Gasteiger partial charge < -0.3 is 0 Å². The molecule has 1 aromatic heterocycles. The lowest BCUT2D eigenvalue weighted by atomic mass is 9.97. The van der Waals surface area contributed by atoms with Crippen LogP contribution in [0.5, 0.6) is 0 Å². The molecule has 0 N–H and O–H groups in total. The highest BCUT2D eigenvalue weighted by Crippen LogP contribution is 2.31. The van der Waals surface area contributed by atoms with E-state index in [9.17, 15) is 12.8 Å². The van der Waals surface area contributed by atoms with Gasteiger partial charge in [-0.3, -0.25) is 9.97 Å². The van der Waals surface area contributed by atoms with Crippen LogP contribution in [0.2, 0.25) is 0 Å². The first kappa shape index (κ1) is 18.2. The molecule has 0 aliphatic heterocycles. The molecule has 0 spiro atoms. The fourth-order valence-corrected chi connectivity index (χ4v) is 2.69. The van der Waals surface area contributed by atoms with Gasteiger partial charge in [-0.15, -0.1) is 5.56 Å². The van der Waals surface area contributed by atoms with Gasteiger partial charge in [-0.2, -0.15) is 6.42 Å². The molecule has 7 heteroatoms. The zero-order valence-corrected chi connectivity index (χ0v) is 15.2. The number of benzene rings is 1. The smallest absolute Gasteiger partial charge is 0.234 e. The van der Waals surface area contributed by atoms with Crippen molar-refractivity contribution in [3.8, 4) is 11.3 Å². The molecule has 1 aromatic carbocycles. The molecule has 0 aliphatic rings. The summed E-state index contributed by atoms with van der Waals surface area (Å²) in [5.74, 6) is -0.163. The van der Waals surface area contributed by atoms with E-state index in [-0.39, 0.29) is 17.7 Å². The van der Waals surface area contributed by atoms with Crippen LogP contribution in [-0.2, 0) is 10.0 Å². The molecule has 130 valence electrons. The maximum atomic E-state index is 13.2. The van der Waals surface area contributed by atoms with Crippen molar-refractivity contribution in [2.24, 2.45) is 0 Å². The minimum absolute atomic E-state index is 0.0742. The van der Waals surface area contributed by atoms with Crippen molar-refractivity contribution in [3.63, 3.8) is 0 Å². The topological polar surface area (TPSA) is 63.2 Å². The number of hydrogen-bond donors (Lipinski definition) is 0. The van der Waals surface area contributed by atoms with Crippen LogP contribution in [0, 0.1) is 12.2 Å².